The van der Waals surface area contributed by atoms with Crippen molar-refractivity contribution >= 4 is 17.4 Å². The Kier molecular flexibility index (Phi) is 7.19. The quantitative estimate of drug-likeness (QED) is 0.354. The fourth-order valence-electron chi connectivity index (χ4n) is 3.35. The monoisotopic (exact) mass is 457 g/mol. The van der Waals surface area contributed by atoms with Gasteiger partial charge in [0.25, 0.3) is 0 Å². The third-order valence-electron chi connectivity index (χ3n) is 5.16. The molecule has 0 aliphatic carbocycles. The van der Waals surface area contributed by atoms with Gasteiger partial charge in [0.05, 0.1) is 12.3 Å². The average Bonchev–Trinajstić information content (AvgIpc) is 3.26. The number of methoxy groups -OCH3 is 1. The van der Waals surface area contributed by atoms with E-state index in [0.29, 0.717) is 24.7 Å². The van der Waals surface area contributed by atoms with Crippen LogP contribution in [0.2, 0.25) is 0 Å². The summed E-state index contributed by atoms with van der Waals surface area (Å²) in [6.07, 6.45) is 0. The van der Waals surface area contributed by atoms with E-state index in [-0.39, 0.29) is 12.0 Å². The SMILES string of the molecule is COCCOc1nc(-c2ccc(C)cc2)n(-c2cccc(NC(=O)Nc3ccccc3C)c2)n1. The van der Waals surface area contributed by atoms with Crippen molar-refractivity contribution in [2.24, 2.45) is 0 Å². The Morgan fingerprint density at radius 1 is 0.941 bits per heavy atom. The maximum atomic E-state index is 12.6. The molecule has 0 spiro atoms. The zero-order valence-corrected chi connectivity index (χ0v) is 19.4. The minimum absolute atomic E-state index is 0.253. The molecule has 2 amide bonds. The topological polar surface area (TPSA) is 90.3 Å². The van der Waals surface area contributed by atoms with E-state index in [1.54, 1.807) is 11.8 Å². The van der Waals surface area contributed by atoms with Gasteiger partial charge < -0.3 is 20.1 Å². The molecule has 0 atom stereocenters. The Hall–Kier alpha value is -4.17. The average molecular weight is 458 g/mol. The highest BCUT2D eigenvalue weighted by molar-refractivity contribution is 6.00. The molecule has 0 aliphatic rings. The van der Waals surface area contributed by atoms with Crippen molar-refractivity contribution in [1.29, 1.82) is 0 Å². The number of amides is 2. The number of hydrogen-bond acceptors (Lipinski definition) is 5. The highest BCUT2D eigenvalue weighted by Crippen LogP contribution is 2.25. The van der Waals surface area contributed by atoms with Gasteiger partial charge in [0.15, 0.2) is 5.82 Å². The number of rotatable bonds is 8. The lowest BCUT2D eigenvalue weighted by atomic mass is 10.1. The van der Waals surface area contributed by atoms with Crippen molar-refractivity contribution in [3.8, 4) is 23.1 Å². The number of para-hydroxylation sites is 1. The standard InChI is InChI=1S/C26H27N5O3/c1-18-11-13-20(14-12-18)24-29-26(34-16-15-33-3)30-31(24)22-9-6-8-21(17-22)27-25(32)28-23-10-5-4-7-19(23)2/h4-14,17H,15-16H2,1-3H3,(H2,27,28,32). The fourth-order valence-corrected chi connectivity index (χ4v) is 3.35. The number of hydrogen-bond donors (Lipinski definition) is 2. The van der Waals surface area contributed by atoms with Crippen molar-refractivity contribution in [3.63, 3.8) is 0 Å². The second-order valence-electron chi connectivity index (χ2n) is 7.78. The summed E-state index contributed by atoms with van der Waals surface area (Å²) in [5.74, 6) is 0.633. The van der Waals surface area contributed by atoms with Crippen LogP contribution in [0.25, 0.3) is 17.1 Å². The van der Waals surface area contributed by atoms with E-state index in [4.69, 9.17) is 9.47 Å². The summed E-state index contributed by atoms with van der Waals surface area (Å²) < 4.78 is 12.4. The zero-order valence-electron chi connectivity index (χ0n) is 19.4. The molecule has 0 aliphatic heterocycles. The Bertz CT molecular complexity index is 1270. The predicted molar refractivity (Wildman–Crippen MR) is 133 cm³/mol. The van der Waals surface area contributed by atoms with Crippen LogP contribution >= 0.6 is 0 Å². The molecule has 0 saturated carbocycles. The molecule has 4 aromatic rings. The summed E-state index contributed by atoms with van der Waals surface area (Å²) in [6.45, 7) is 4.75. The van der Waals surface area contributed by atoms with Crippen LogP contribution in [0.5, 0.6) is 6.01 Å². The van der Waals surface area contributed by atoms with Crippen LogP contribution in [0.3, 0.4) is 0 Å². The summed E-state index contributed by atoms with van der Waals surface area (Å²) in [4.78, 5) is 17.2. The number of urea groups is 1. The van der Waals surface area contributed by atoms with Crippen molar-refractivity contribution < 1.29 is 14.3 Å². The summed E-state index contributed by atoms with van der Waals surface area (Å²) in [5, 5.41) is 10.3. The van der Waals surface area contributed by atoms with Gasteiger partial charge >= 0.3 is 12.0 Å². The van der Waals surface area contributed by atoms with Gasteiger partial charge in [0, 0.05) is 24.0 Å². The van der Waals surface area contributed by atoms with E-state index in [2.05, 4.69) is 20.7 Å². The number of aryl methyl sites for hydroxylation is 2. The van der Waals surface area contributed by atoms with Crippen LogP contribution in [0.4, 0.5) is 16.2 Å². The predicted octanol–water partition coefficient (Wildman–Crippen LogP) is 5.22. The molecule has 1 heterocycles. The molecule has 34 heavy (non-hydrogen) atoms. The van der Waals surface area contributed by atoms with Gasteiger partial charge in [0.2, 0.25) is 0 Å². The van der Waals surface area contributed by atoms with Crippen LogP contribution in [0.15, 0.2) is 72.8 Å². The Labute approximate surface area is 198 Å². The highest BCUT2D eigenvalue weighted by atomic mass is 16.5. The molecule has 3 aromatic carbocycles. The largest absolute Gasteiger partial charge is 0.460 e. The van der Waals surface area contributed by atoms with E-state index in [0.717, 1.165) is 28.1 Å². The van der Waals surface area contributed by atoms with E-state index in [9.17, 15) is 4.79 Å². The number of ether oxygens (including phenoxy) is 2. The summed E-state index contributed by atoms with van der Waals surface area (Å²) >= 11 is 0. The van der Waals surface area contributed by atoms with E-state index >= 15 is 0 Å². The Morgan fingerprint density at radius 3 is 2.50 bits per heavy atom. The third kappa shape index (κ3) is 5.60. The van der Waals surface area contributed by atoms with Gasteiger partial charge in [-0.3, -0.25) is 0 Å². The molecule has 8 nitrogen and oxygen atoms in total. The normalized spacial score (nSPS) is 10.7. The van der Waals surface area contributed by atoms with E-state index in [1.165, 1.54) is 0 Å². The van der Waals surface area contributed by atoms with Crippen LogP contribution in [0.1, 0.15) is 11.1 Å². The first-order valence-electron chi connectivity index (χ1n) is 10.9. The van der Waals surface area contributed by atoms with Crippen LogP contribution in [-0.4, -0.2) is 41.1 Å². The maximum Gasteiger partial charge on any atom is 0.336 e. The molecule has 0 saturated heterocycles. The second-order valence-corrected chi connectivity index (χ2v) is 7.78. The molecule has 0 unspecified atom stereocenters. The number of nitrogens with zero attached hydrogens (tertiary/aromatic N) is 3. The first-order chi connectivity index (χ1) is 16.5. The second kappa shape index (κ2) is 10.6. The summed E-state index contributed by atoms with van der Waals surface area (Å²) in [6, 6.07) is 23.0. The summed E-state index contributed by atoms with van der Waals surface area (Å²) in [5.41, 5.74) is 5.14. The Morgan fingerprint density at radius 2 is 1.74 bits per heavy atom. The van der Waals surface area contributed by atoms with E-state index < -0.39 is 0 Å². The van der Waals surface area contributed by atoms with Gasteiger partial charge in [-0.2, -0.15) is 4.98 Å². The first kappa shape index (κ1) is 23.0. The minimum Gasteiger partial charge on any atom is -0.460 e. The molecule has 0 fully saturated rings. The lowest BCUT2D eigenvalue weighted by Crippen LogP contribution is -2.20. The smallest absolute Gasteiger partial charge is 0.336 e. The lowest BCUT2D eigenvalue weighted by molar-refractivity contribution is 0.141. The summed E-state index contributed by atoms with van der Waals surface area (Å²) in [7, 11) is 1.61. The van der Waals surface area contributed by atoms with Gasteiger partial charge in [-0.1, -0.05) is 54.1 Å². The number of nitrogens with one attached hydrogen (secondary N) is 2. The molecule has 1 aromatic heterocycles. The number of carbonyl (C=O) groups excluding carboxylic acids is 1. The molecule has 8 heteroatoms. The molecule has 4 rings (SSSR count). The molecular weight excluding hydrogens is 430 g/mol. The minimum atomic E-state index is -0.326. The van der Waals surface area contributed by atoms with Gasteiger partial charge in [-0.05, 0) is 43.7 Å². The number of carbonyl (C=O) groups is 1. The van der Waals surface area contributed by atoms with Gasteiger partial charge in [-0.25, -0.2) is 9.48 Å². The highest BCUT2D eigenvalue weighted by Gasteiger charge is 2.15. The van der Waals surface area contributed by atoms with Crippen LogP contribution < -0.4 is 15.4 Å². The molecule has 2 N–H and O–H groups in total. The zero-order chi connectivity index (χ0) is 23.9. The van der Waals surface area contributed by atoms with E-state index in [1.807, 2.05) is 86.6 Å². The molecule has 0 radical (unpaired) electrons. The Balaban J connectivity index is 1.60. The maximum absolute atomic E-state index is 12.6. The third-order valence-corrected chi connectivity index (χ3v) is 5.16. The van der Waals surface area contributed by atoms with Gasteiger partial charge in [0.1, 0.15) is 6.61 Å². The molecular formula is C26H27N5O3. The van der Waals surface area contributed by atoms with Crippen LogP contribution in [0, 0.1) is 13.8 Å². The van der Waals surface area contributed by atoms with Crippen molar-refractivity contribution in [3.05, 3.63) is 83.9 Å². The first-order valence-corrected chi connectivity index (χ1v) is 10.9. The van der Waals surface area contributed by atoms with Gasteiger partial charge in [-0.15, -0.1) is 5.10 Å². The van der Waals surface area contributed by atoms with Crippen molar-refractivity contribution in [1.82, 2.24) is 14.8 Å². The molecule has 0 bridgehead atoms. The van der Waals surface area contributed by atoms with Crippen molar-refractivity contribution in [2.75, 3.05) is 31.0 Å². The number of benzene rings is 3. The lowest BCUT2D eigenvalue weighted by Gasteiger charge is -2.11. The fraction of sp³-hybridized carbons (Fsp3) is 0.192. The van der Waals surface area contributed by atoms with Crippen LogP contribution in [-0.2, 0) is 4.74 Å². The number of aromatic nitrogens is 3. The molecule has 174 valence electrons. The number of anilines is 2. The van der Waals surface area contributed by atoms with Crippen molar-refractivity contribution in [2.45, 2.75) is 13.8 Å².